The Bertz CT molecular complexity index is 587. The molecular weight excluding hydrogens is 279 g/mol. The topological polar surface area (TPSA) is 63.4 Å². The van der Waals surface area contributed by atoms with E-state index in [0.717, 1.165) is 19.3 Å². The number of halogens is 1. The van der Waals surface area contributed by atoms with E-state index < -0.39 is 15.8 Å². The molecule has 1 aromatic carbocycles. The van der Waals surface area contributed by atoms with Crippen LogP contribution in [0.3, 0.4) is 0 Å². The van der Waals surface area contributed by atoms with Crippen LogP contribution in [0.1, 0.15) is 31.7 Å². The summed E-state index contributed by atoms with van der Waals surface area (Å²) in [5, 5.41) is 0. The van der Waals surface area contributed by atoms with Crippen molar-refractivity contribution in [3.8, 4) is 0 Å². The number of benzene rings is 1. The molecule has 1 aromatic rings. The highest BCUT2D eigenvalue weighted by Gasteiger charge is 2.36. The Hall–Kier alpha value is -0.980. The number of hydrogen-bond acceptors (Lipinski definition) is 3. The molecular formula is C14H21FN2O2S. The Morgan fingerprint density at radius 2 is 2.10 bits per heavy atom. The van der Waals surface area contributed by atoms with E-state index >= 15 is 0 Å². The number of nitrogens with two attached hydrogens (primary N) is 1. The van der Waals surface area contributed by atoms with Gasteiger partial charge in [0.15, 0.2) is 0 Å². The van der Waals surface area contributed by atoms with E-state index in [2.05, 4.69) is 0 Å². The van der Waals surface area contributed by atoms with Gasteiger partial charge in [0.2, 0.25) is 10.0 Å². The van der Waals surface area contributed by atoms with Crippen LogP contribution in [0, 0.1) is 12.7 Å². The lowest BCUT2D eigenvalue weighted by molar-refractivity contribution is 0.226. The molecule has 2 atom stereocenters. The fraction of sp³-hybridized carbons (Fsp3) is 0.571. The largest absolute Gasteiger partial charge is 0.326 e. The van der Waals surface area contributed by atoms with Crippen LogP contribution >= 0.6 is 0 Å². The third-order valence-corrected chi connectivity index (χ3v) is 5.74. The molecule has 2 N–H and O–H groups in total. The van der Waals surface area contributed by atoms with Gasteiger partial charge >= 0.3 is 0 Å². The molecule has 1 aliphatic rings. The van der Waals surface area contributed by atoms with Crippen molar-refractivity contribution in [3.05, 3.63) is 29.6 Å². The summed E-state index contributed by atoms with van der Waals surface area (Å²) >= 11 is 0. The zero-order chi connectivity index (χ0) is 14.9. The summed E-state index contributed by atoms with van der Waals surface area (Å²) in [6, 6.07) is 3.68. The Kier molecular flexibility index (Phi) is 4.46. The molecule has 1 aliphatic heterocycles. The molecule has 0 spiro atoms. The van der Waals surface area contributed by atoms with Crippen LogP contribution in [0.2, 0.25) is 0 Å². The van der Waals surface area contributed by atoms with Gasteiger partial charge in [0, 0.05) is 18.6 Å². The van der Waals surface area contributed by atoms with Gasteiger partial charge in [-0.2, -0.15) is 4.31 Å². The number of hydrogen-bond donors (Lipinski definition) is 1. The quantitative estimate of drug-likeness (QED) is 0.929. The smallest absolute Gasteiger partial charge is 0.246 e. The van der Waals surface area contributed by atoms with Crippen LogP contribution in [0.4, 0.5) is 4.39 Å². The molecule has 0 aliphatic carbocycles. The van der Waals surface area contributed by atoms with Gasteiger partial charge in [-0.05, 0) is 44.4 Å². The monoisotopic (exact) mass is 300 g/mol. The van der Waals surface area contributed by atoms with E-state index in [1.165, 1.54) is 16.4 Å². The third-order valence-electron chi connectivity index (χ3n) is 3.78. The highest BCUT2D eigenvalue weighted by Crippen LogP contribution is 2.28. The molecule has 0 aromatic heterocycles. The number of piperidine rings is 1. The van der Waals surface area contributed by atoms with Crippen LogP contribution < -0.4 is 5.73 Å². The predicted molar refractivity (Wildman–Crippen MR) is 76.3 cm³/mol. The molecule has 4 nitrogen and oxygen atoms in total. The molecule has 20 heavy (non-hydrogen) atoms. The van der Waals surface area contributed by atoms with E-state index in [4.69, 9.17) is 5.73 Å². The van der Waals surface area contributed by atoms with E-state index in [0.29, 0.717) is 12.1 Å². The summed E-state index contributed by atoms with van der Waals surface area (Å²) in [5.74, 6) is -0.695. The van der Waals surface area contributed by atoms with Crippen molar-refractivity contribution >= 4 is 10.0 Å². The summed E-state index contributed by atoms with van der Waals surface area (Å²) in [6.07, 6.45) is 2.47. The minimum Gasteiger partial charge on any atom is -0.326 e. The first-order chi connectivity index (χ1) is 9.34. The van der Waals surface area contributed by atoms with Gasteiger partial charge in [-0.1, -0.05) is 12.5 Å². The highest BCUT2D eigenvalue weighted by atomic mass is 32.2. The average Bonchev–Trinajstić information content (AvgIpc) is 2.38. The summed E-state index contributed by atoms with van der Waals surface area (Å²) < 4.78 is 40.7. The lowest BCUT2D eigenvalue weighted by Gasteiger charge is -2.36. The van der Waals surface area contributed by atoms with Crippen molar-refractivity contribution in [2.24, 2.45) is 5.73 Å². The standard InChI is InChI=1S/C14H21FN2O2S/c1-10-6-7-14(12(15)9-10)20(18,19)17-8-4-3-5-13(17)11(2)16/h6-7,9,11,13H,3-5,8,16H2,1-2H3/t11-,13-/m0/s1. The molecule has 1 saturated heterocycles. The van der Waals surface area contributed by atoms with Gasteiger partial charge in [0.25, 0.3) is 0 Å². The predicted octanol–water partition coefficient (Wildman–Crippen LogP) is 2.02. The fourth-order valence-electron chi connectivity index (χ4n) is 2.70. The summed E-state index contributed by atoms with van der Waals surface area (Å²) in [6.45, 7) is 3.93. The molecule has 2 rings (SSSR count). The first-order valence-corrected chi connectivity index (χ1v) is 8.31. The zero-order valence-corrected chi connectivity index (χ0v) is 12.7. The summed E-state index contributed by atoms with van der Waals surface area (Å²) in [7, 11) is -3.83. The molecule has 1 heterocycles. The maximum Gasteiger partial charge on any atom is 0.246 e. The Morgan fingerprint density at radius 1 is 1.40 bits per heavy atom. The van der Waals surface area contributed by atoms with Crippen LogP contribution in [0.25, 0.3) is 0 Å². The van der Waals surface area contributed by atoms with Crippen molar-refractivity contribution in [2.45, 2.75) is 50.1 Å². The Balaban J connectivity index is 2.42. The van der Waals surface area contributed by atoms with E-state index in [9.17, 15) is 12.8 Å². The molecule has 0 saturated carbocycles. The maximum atomic E-state index is 14.0. The normalized spacial score (nSPS) is 22.7. The molecule has 112 valence electrons. The van der Waals surface area contributed by atoms with Crippen LogP contribution in [-0.2, 0) is 10.0 Å². The van der Waals surface area contributed by atoms with E-state index in [1.807, 2.05) is 0 Å². The van der Waals surface area contributed by atoms with Crippen LogP contribution in [-0.4, -0.2) is 31.4 Å². The van der Waals surface area contributed by atoms with Gasteiger partial charge < -0.3 is 5.73 Å². The number of rotatable bonds is 3. The Labute approximate surface area is 119 Å². The van der Waals surface area contributed by atoms with Gasteiger partial charge in [-0.25, -0.2) is 12.8 Å². The zero-order valence-electron chi connectivity index (χ0n) is 11.8. The fourth-order valence-corrected chi connectivity index (χ4v) is 4.52. The molecule has 1 fully saturated rings. The summed E-state index contributed by atoms with van der Waals surface area (Å²) in [5.41, 5.74) is 6.59. The molecule has 0 radical (unpaired) electrons. The lowest BCUT2D eigenvalue weighted by atomic mass is 10.00. The van der Waals surface area contributed by atoms with E-state index in [-0.39, 0.29) is 17.0 Å². The second kappa shape index (κ2) is 5.79. The minimum absolute atomic E-state index is 0.254. The lowest BCUT2D eigenvalue weighted by Crippen LogP contribution is -2.51. The average molecular weight is 300 g/mol. The minimum atomic E-state index is -3.83. The molecule has 0 unspecified atom stereocenters. The Morgan fingerprint density at radius 3 is 2.70 bits per heavy atom. The van der Waals surface area contributed by atoms with Crippen LogP contribution in [0.5, 0.6) is 0 Å². The van der Waals surface area contributed by atoms with E-state index in [1.54, 1.807) is 19.9 Å². The van der Waals surface area contributed by atoms with Gasteiger partial charge in [-0.3, -0.25) is 0 Å². The molecule has 0 bridgehead atoms. The van der Waals surface area contributed by atoms with Gasteiger partial charge in [-0.15, -0.1) is 0 Å². The number of aryl methyl sites for hydroxylation is 1. The van der Waals surface area contributed by atoms with Gasteiger partial charge in [0.05, 0.1) is 0 Å². The van der Waals surface area contributed by atoms with Crippen molar-refractivity contribution in [1.82, 2.24) is 4.31 Å². The summed E-state index contributed by atoms with van der Waals surface area (Å²) in [4.78, 5) is -0.254. The number of sulfonamides is 1. The molecule has 6 heteroatoms. The van der Waals surface area contributed by atoms with Crippen LogP contribution in [0.15, 0.2) is 23.1 Å². The highest BCUT2D eigenvalue weighted by molar-refractivity contribution is 7.89. The first-order valence-electron chi connectivity index (χ1n) is 6.87. The second-order valence-corrected chi connectivity index (χ2v) is 7.33. The third kappa shape index (κ3) is 2.87. The van der Waals surface area contributed by atoms with Crippen molar-refractivity contribution in [1.29, 1.82) is 0 Å². The number of nitrogens with zero attached hydrogens (tertiary/aromatic N) is 1. The molecule has 0 amide bonds. The van der Waals surface area contributed by atoms with Crippen molar-refractivity contribution < 1.29 is 12.8 Å². The van der Waals surface area contributed by atoms with Crippen molar-refractivity contribution in [2.75, 3.05) is 6.54 Å². The first kappa shape index (κ1) is 15.4. The van der Waals surface area contributed by atoms with Crippen molar-refractivity contribution in [3.63, 3.8) is 0 Å². The SMILES string of the molecule is Cc1ccc(S(=O)(=O)N2CCCC[C@H]2[C@H](C)N)c(F)c1. The second-order valence-electron chi connectivity index (χ2n) is 5.47. The maximum absolute atomic E-state index is 14.0. The van der Waals surface area contributed by atoms with Gasteiger partial charge in [0.1, 0.15) is 10.7 Å².